The number of rotatable bonds is 4. The number of aromatic nitrogens is 3. The Bertz CT molecular complexity index is 641. The Morgan fingerprint density at radius 2 is 2.10 bits per heavy atom. The van der Waals surface area contributed by atoms with Crippen LogP contribution in [-0.4, -0.2) is 25.9 Å². The standard InChI is InChI=1S/C13H15Cl2N5S/c1-8(2)17-13(21)18-12-16-7-20(19-12)6-9-3-4-10(14)11(15)5-9/h3-5,7-8H,6H2,1-2H3,(H2,17,18,19,21). The molecule has 0 saturated carbocycles. The third-order valence-electron chi connectivity index (χ3n) is 2.51. The zero-order valence-electron chi connectivity index (χ0n) is 11.6. The van der Waals surface area contributed by atoms with Crippen LogP contribution in [0, 0.1) is 0 Å². The first-order chi connectivity index (χ1) is 9.94. The third-order valence-corrected chi connectivity index (χ3v) is 3.47. The Hall–Kier alpha value is -1.37. The highest BCUT2D eigenvalue weighted by molar-refractivity contribution is 7.80. The molecule has 2 N–H and O–H groups in total. The fourth-order valence-electron chi connectivity index (χ4n) is 1.65. The zero-order valence-corrected chi connectivity index (χ0v) is 13.9. The Labute approximate surface area is 138 Å². The molecule has 0 aliphatic carbocycles. The summed E-state index contributed by atoms with van der Waals surface area (Å²) in [6.07, 6.45) is 1.63. The summed E-state index contributed by atoms with van der Waals surface area (Å²) in [5, 5.41) is 11.8. The molecule has 0 spiro atoms. The second-order valence-electron chi connectivity index (χ2n) is 4.77. The first-order valence-corrected chi connectivity index (χ1v) is 7.51. The topological polar surface area (TPSA) is 54.8 Å². The van der Waals surface area contributed by atoms with Gasteiger partial charge in [-0.2, -0.15) is 0 Å². The van der Waals surface area contributed by atoms with E-state index in [1.54, 1.807) is 17.1 Å². The quantitative estimate of drug-likeness (QED) is 0.834. The number of halogens is 2. The maximum absolute atomic E-state index is 5.99. The number of hydrogen-bond donors (Lipinski definition) is 2. The van der Waals surface area contributed by atoms with Gasteiger partial charge in [0.25, 0.3) is 0 Å². The Morgan fingerprint density at radius 3 is 2.76 bits per heavy atom. The first-order valence-electron chi connectivity index (χ1n) is 6.35. The highest BCUT2D eigenvalue weighted by Gasteiger charge is 2.06. The minimum atomic E-state index is 0.253. The summed E-state index contributed by atoms with van der Waals surface area (Å²) < 4.78 is 1.69. The molecular formula is C13H15Cl2N5S. The van der Waals surface area contributed by atoms with E-state index in [4.69, 9.17) is 35.4 Å². The largest absolute Gasteiger partial charge is 0.360 e. The van der Waals surface area contributed by atoms with Crippen molar-refractivity contribution in [2.75, 3.05) is 5.32 Å². The van der Waals surface area contributed by atoms with Gasteiger partial charge < -0.3 is 5.32 Å². The van der Waals surface area contributed by atoms with Crippen LogP contribution < -0.4 is 10.6 Å². The first kappa shape index (κ1) is 16.0. The summed E-state index contributed by atoms with van der Waals surface area (Å²) in [5.41, 5.74) is 0.990. The van der Waals surface area contributed by atoms with Crippen molar-refractivity contribution in [1.29, 1.82) is 0 Å². The van der Waals surface area contributed by atoms with Gasteiger partial charge in [-0.3, -0.25) is 5.32 Å². The lowest BCUT2D eigenvalue weighted by molar-refractivity contribution is 0.687. The fourth-order valence-corrected chi connectivity index (χ4v) is 2.30. The highest BCUT2D eigenvalue weighted by atomic mass is 35.5. The molecule has 112 valence electrons. The lowest BCUT2D eigenvalue weighted by atomic mass is 10.2. The molecule has 0 aliphatic heterocycles. The molecule has 0 atom stereocenters. The average molecular weight is 344 g/mol. The molecule has 21 heavy (non-hydrogen) atoms. The predicted octanol–water partition coefficient (Wildman–Crippen LogP) is 3.33. The van der Waals surface area contributed by atoms with Crippen LogP contribution in [0.1, 0.15) is 19.4 Å². The average Bonchev–Trinajstić information content (AvgIpc) is 2.80. The van der Waals surface area contributed by atoms with Crippen LogP contribution in [0.3, 0.4) is 0 Å². The maximum Gasteiger partial charge on any atom is 0.248 e. The molecule has 8 heteroatoms. The summed E-state index contributed by atoms with van der Waals surface area (Å²) in [7, 11) is 0. The van der Waals surface area contributed by atoms with Gasteiger partial charge in [-0.25, -0.2) is 9.67 Å². The summed E-state index contributed by atoms with van der Waals surface area (Å²) in [5.74, 6) is 0.452. The van der Waals surface area contributed by atoms with Crippen LogP contribution in [0.25, 0.3) is 0 Å². The number of benzene rings is 1. The van der Waals surface area contributed by atoms with E-state index in [0.29, 0.717) is 27.7 Å². The van der Waals surface area contributed by atoms with Crippen molar-refractivity contribution in [2.45, 2.75) is 26.4 Å². The number of thiocarbonyl (C=S) groups is 1. The molecule has 0 fully saturated rings. The number of hydrogen-bond acceptors (Lipinski definition) is 3. The van der Waals surface area contributed by atoms with Crippen molar-refractivity contribution in [2.24, 2.45) is 0 Å². The van der Waals surface area contributed by atoms with Gasteiger partial charge in [0, 0.05) is 6.04 Å². The van der Waals surface area contributed by atoms with E-state index in [2.05, 4.69) is 20.7 Å². The maximum atomic E-state index is 5.99. The van der Waals surface area contributed by atoms with Crippen molar-refractivity contribution < 1.29 is 0 Å². The van der Waals surface area contributed by atoms with Crippen LogP contribution in [-0.2, 0) is 6.54 Å². The summed E-state index contributed by atoms with van der Waals surface area (Å²) >= 11 is 17.0. The molecule has 5 nitrogen and oxygen atoms in total. The van der Waals surface area contributed by atoms with Crippen molar-refractivity contribution in [3.63, 3.8) is 0 Å². The predicted molar refractivity (Wildman–Crippen MR) is 90.1 cm³/mol. The molecule has 1 heterocycles. The Balaban J connectivity index is 1.99. The molecule has 1 aromatic carbocycles. The van der Waals surface area contributed by atoms with E-state index in [-0.39, 0.29) is 6.04 Å². The van der Waals surface area contributed by atoms with Crippen LogP contribution in [0.2, 0.25) is 10.0 Å². The van der Waals surface area contributed by atoms with Gasteiger partial charge in [-0.05, 0) is 43.8 Å². The second kappa shape index (κ2) is 7.06. The molecule has 0 amide bonds. The minimum Gasteiger partial charge on any atom is -0.360 e. The van der Waals surface area contributed by atoms with Crippen LogP contribution in [0.15, 0.2) is 24.5 Å². The van der Waals surface area contributed by atoms with E-state index in [0.717, 1.165) is 5.56 Å². The van der Waals surface area contributed by atoms with Gasteiger partial charge in [0.1, 0.15) is 6.33 Å². The number of nitrogens with one attached hydrogen (secondary N) is 2. The molecule has 0 aliphatic rings. The molecule has 2 aromatic rings. The van der Waals surface area contributed by atoms with E-state index in [1.165, 1.54) is 0 Å². The minimum absolute atomic E-state index is 0.253. The van der Waals surface area contributed by atoms with Gasteiger partial charge in [0.2, 0.25) is 5.95 Å². The number of nitrogens with zero attached hydrogens (tertiary/aromatic N) is 3. The van der Waals surface area contributed by atoms with Crippen LogP contribution in [0.4, 0.5) is 5.95 Å². The van der Waals surface area contributed by atoms with Gasteiger partial charge in [0.05, 0.1) is 16.6 Å². The zero-order chi connectivity index (χ0) is 15.4. The van der Waals surface area contributed by atoms with Crippen LogP contribution in [0.5, 0.6) is 0 Å². The smallest absolute Gasteiger partial charge is 0.248 e. The molecule has 0 unspecified atom stereocenters. The third kappa shape index (κ3) is 4.84. The van der Waals surface area contributed by atoms with E-state index in [1.807, 2.05) is 26.0 Å². The fraction of sp³-hybridized carbons (Fsp3) is 0.308. The summed E-state index contributed by atoms with van der Waals surface area (Å²) in [6.45, 7) is 4.56. The lowest BCUT2D eigenvalue weighted by Crippen LogP contribution is -2.34. The molecule has 0 bridgehead atoms. The van der Waals surface area contributed by atoms with E-state index >= 15 is 0 Å². The molecular weight excluding hydrogens is 329 g/mol. The number of anilines is 1. The second-order valence-corrected chi connectivity index (χ2v) is 5.99. The Kier molecular flexibility index (Phi) is 5.39. The monoisotopic (exact) mass is 343 g/mol. The van der Waals surface area contributed by atoms with Gasteiger partial charge >= 0.3 is 0 Å². The van der Waals surface area contributed by atoms with E-state index < -0.39 is 0 Å². The Morgan fingerprint density at radius 1 is 1.33 bits per heavy atom. The van der Waals surface area contributed by atoms with Gasteiger partial charge in [-0.15, -0.1) is 5.10 Å². The van der Waals surface area contributed by atoms with Crippen molar-refractivity contribution in [3.8, 4) is 0 Å². The lowest BCUT2D eigenvalue weighted by Gasteiger charge is -2.10. The van der Waals surface area contributed by atoms with Crippen molar-refractivity contribution in [1.82, 2.24) is 20.1 Å². The normalized spacial score (nSPS) is 10.7. The highest BCUT2D eigenvalue weighted by Crippen LogP contribution is 2.22. The summed E-state index contributed by atoms with van der Waals surface area (Å²) in [4.78, 5) is 4.15. The molecule has 1 aromatic heterocycles. The van der Waals surface area contributed by atoms with Gasteiger partial charge in [-0.1, -0.05) is 29.3 Å². The molecule has 0 radical (unpaired) electrons. The molecule has 2 rings (SSSR count). The summed E-state index contributed by atoms with van der Waals surface area (Å²) in [6, 6.07) is 5.72. The van der Waals surface area contributed by atoms with E-state index in [9.17, 15) is 0 Å². The van der Waals surface area contributed by atoms with Crippen molar-refractivity contribution in [3.05, 3.63) is 40.1 Å². The van der Waals surface area contributed by atoms with Crippen molar-refractivity contribution >= 4 is 46.5 Å². The van der Waals surface area contributed by atoms with Crippen LogP contribution >= 0.6 is 35.4 Å². The molecule has 0 saturated heterocycles. The van der Waals surface area contributed by atoms with Gasteiger partial charge in [0.15, 0.2) is 5.11 Å². The SMILES string of the molecule is CC(C)NC(=S)Nc1ncn(Cc2ccc(Cl)c(Cl)c2)n1.